The van der Waals surface area contributed by atoms with Gasteiger partial charge >= 0.3 is 6.18 Å². The summed E-state index contributed by atoms with van der Waals surface area (Å²) >= 11 is 0. The number of nitrogens with zero attached hydrogens (tertiary/aromatic N) is 8. The SMILES string of the molecule is COc1ncnc(C2CC2)c1-c1ncc2c(n1)c(Cc1ccc(-c3nc(C(F)(F)F)cn3C3COC3)cc1)nn2COCC[Si](C)(C)C. The second kappa shape index (κ2) is 12.7. The molecule has 48 heavy (non-hydrogen) atoms. The maximum Gasteiger partial charge on any atom is 0.434 e. The number of fused-ring (bicyclic) bond motifs is 1. The molecule has 1 saturated carbocycles. The molecule has 0 spiro atoms. The van der Waals surface area contributed by atoms with E-state index in [-0.39, 0.29) is 18.6 Å². The van der Waals surface area contributed by atoms with Crippen molar-refractivity contribution in [3.8, 4) is 28.7 Å². The number of hydrogen-bond donors (Lipinski definition) is 0. The van der Waals surface area contributed by atoms with Gasteiger partial charge in [-0.15, -0.1) is 0 Å². The first kappa shape index (κ1) is 32.3. The van der Waals surface area contributed by atoms with E-state index in [2.05, 4.69) is 34.6 Å². The van der Waals surface area contributed by atoms with Gasteiger partial charge in [0, 0.05) is 38.8 Å². The summed E-state index contributed by atoms with van der Waals surface area (Å²) in [6, 6.07) is 8.20. The quantitative estimate of drug-likeness (QED) is 0.107. The van der Waals surface area contributed by atoms with E-state index in [1.807, 2.05) is 12.1 Å². The van der Waals surface area contributed by atoms with Crippen molar-refractivity contribution in [2.45, 2.75) is 69.8 Å². The number of methoxy groups -OCH3 is 1. The van der Waals surface area contributed by atoms with Crippen LogP contribution in [0.15, 0.2) is 43.0 Å². The molecule has 0 radical (unpaired) electrons. The van der Waals surface area contributed by atoms with Crippen LogP contribution in [0.5, 0.6) is 5.88 Å². The van der Waals surface area contributed by atoms with Gasteiger partial charge in [0.2, 0.25) is 5.88 Å². The molecule has 5 aromatic rings. The number of rotatable bonds is 12. The predicted octanol–water partition coefficient (Wildman–Crippen LogP) is 6.53. The van der Waals surface area contributed by atoms with Gasteiger partial charge in [-0.05, 0) is 24.4 Å². The van der Waals surface area contributed by atoms with E-state index in [1.54, 1.807) is 34.7 Å². The molecule has 0 bridgehead atoms. The van der Waals surface area contributed by atoms with Crippen LogP contribution in [0.4, 0.5) is 13.2 Å². The van der Waals surface area contributed by atoms with E-state index >= 15 is 0 Å². The van der Waals surface area contributed by atoms with E-state index in [0.717, 1.165) is 41.9 Å². The fraction of sp³-hybridized carbons (Fsp3) is 0.455. The number of aromatic nitrogens is 8. The van der Waals surface area contributed by atoms with Crippen molar-refractivity contribution < 1.29 is 27.4 Å². The molecule has 1 aliphatic carbocycles. The Bertz CT molecular complexity index is 1930. The van der Waals surface area contributed by atoms with Crippen LogP contribution in [0.2, 0.25) is 25.7 Å². The molecule has 0 unspecified atom stereocenters. The highest BCUT2D eigenvalue weighted by molar-refractivity contribution is 6.76. The number of ether oxygens (including phenoxy) is 3. The first-order valence-electron chi connectivity index (χ1n) is 16.0. The fourth-order valence-electron chi connectivity index (χ4n) is 5.68. The normalized spacial score (nSPS) is 15.6. The zero-order valence-electron chi connectivity index (χ0n) is 27.3. The first-order valence-corrected chi connectivity index (χ1v) is 19.7. The Labute approximate surface area is 276 Å². The molecule has 252 valence electrons. The van der Waals surface area contributed by atoms with E-state index in [4.69, 9.17) is 29.3 Å². The molecule has 2 fully saturated rings. The van der Waals surface area contributed by atoms with Gasteiger partial charge in [-0.25, -0.2) is 29.6 Å². The second-order valence-corrected chi connectivity index (χ2v) is 19.2. The molecule has 2 aliphatic rings. The highest BCUT2D eigenvalue weighted by Gasteiger charge is 2.37. The van der Waals surface area contributed by atoms with Gasteiger partial charge in [0.25, 0.3) is 0 Å². The molecule has 11 nitrogen and oxygen atoms in total. The van der Waals surface area contributed by atoms with Gasteiger partial charge in [0.05, 0.1) is 44.0 Å². The summed E-state index contributed by atoms with van der Waals surface area (Å²) < 4.78 is 60.9. The Hall–Kier alpha value is -4.21. The largest absolute Gasteiger partial charge is 0.480 e. The monoisotopic (exact) mass is 678 g/mol. The van der Waals surface area contributed by atoms with Crippen LogP contribution in [0.3, 0.4) is 0 Å². The topological polar surface area (TPSA) is 115 Å². The lowest BCUT2D eigenvalue weighted by atomic mass is 10.1. The Morgan fingerprint density at radius 3 is 2.44 bits per heavy atom. The minimum absolute atomic E-state index is 0.186. The summed E-state index contributed by atoms with van der Waals surface area (Å²) in [7, 11) is 0.296. The number of benzene rings is 1. The first-order chi connectivity index (χ1) is 23.0. The van der Waals surface area contributed by atoms with Gasteiger partial charge in [-0.3, -0.25) is 0 Å². The van der Waals surface area contributed by atoms with E-state index in [1.165, 1.54) is 6.33 Å². The molecule has 15 heteroatoms. The van der Waals surface area contributed by atoms with Crippen LogP contribution in [0.1, 0.15) is 47.4 Å². The van der Waals surface area contributed by atoms with E-state index < -0.39 is 19.9 Å². The van der Waals surface area contributed by atoms with E-state index in [0.29, 0.717) is 66.2 Å². The summed E-state index contributed by atoms with van der Waals surface area (Å²) in [4.78, 5) is 22.6. The molecule has 1 saturated heterocycles. The summed E-state index contributed by atoms with van der Waals surface area (Å²) in [6.45, 7) is 8.50. The van der Waals surface area contributed by atoms with Crippen molar-refractivity contribution >= 4 is 19.1 Å². The fourth-order valence-corrected chi connectivity index (χ4v) is 6.43. The van der Waals surface area contributed by atoms with E-state index in [9.17, 15) is 13.2 Å². The van der Waals surface area contributed by atoms with Crippen LogP contribution < -0.4 is 4.74 Å². The molecule has 1 aromatic carbocycles. The van der Waals surface area contributed by atoms with Crippen molar-refractivity contribution in [3.63, 3.8) is 0 Å². The molecular weight excluding hydrogens is 641 g/mol. The lowest BCUT2D eigenvalue weighted by Gasteiger charge is -2.28. The third kappa shape index (κ3) is 6.71. The number of halogens is 3. The molecule has 0 amide bonds. The highest BCUT2D eigenvalue weighted by atomic mass is 28.3. The van der Waals surface area contributed by atoms with Crippen LogP contribution in [-0.4, -0.2) is 74.3 Å². The van der Waals surface area contributed by atoms with Crippen LogP contribution in [0, 0.1) is 0 Å². The van der Waals surface area contributed by atoms with Crippen molar-refractivity contribution in [1.82, 2.24) is 39.3 Å². The van der Waals surface area contributed by atoms with Crippen LogP contribution in [0.25, 0.3) is 33.8 Å². The van der Waals surface area contributed by atoms with Gasteiger partial charge in [-0.2, -0.15) is 18.3 Å². The summed E-state index contributed by atoms with van der Waals surface area (Å²) in [5.74, 6) is 1.46. The predicted molar refractivity (Wildman–Crippen MR) is 174 cm³/mol. The van der Waals surface area contributed by atoms with Gasteiger partial charge < -0.3 is 18.8 Å². The van der Waals surface area contributed by atoms with Crippen molar-refractivity contribution in [2.75, 3.05) is 26.9 Å². The maximum absolute atomic E-state index is 13.6. The average Bonchev–Trinajstić information content (AvgIpc) is 3.69. The lowest BCUT2D eigenvalue weighted by Crippen LogP contribution is -2.30. The molecule has 5 heterocycles. The summed E-state index contributed by atoms with van der Waals surface area (Å²) in [5.41, 5.74) is 4.24. The Morgan fingerprint density at radius 2 is 1.79 bits per heavy atom. The van der Waals surface area contributed by atoms with Gasteiger partial charge in [-0.1, -0.05) is 43.9 Å². The number of hydrogen-bond acceptors (Lipinski definition) is 9. The number of alkyl halides is 3. The van der Waals surface area contributed by atoms with Crippen molar-refractivity contribution in [2.24, 2.45) is 0 Å². The van der Waals surface area contributed by atoms with Crippen LogP contribution in [-0.2, 0) is 28.8 Å². The maximum atomic E-state index is 13.6. The highest BCUT2D eigenvalue weighted by Crippen LogP contribution is 2.45. The molecule has 1 aliphatic heterocycles. The van der Waals surface area contributed by atoms with Crippen molar-refractivity contribution in [1.29, 1.82) is 0 Å². The molecular formula is C33H37F3N8O3Si. The third-order valence-electron chi connectivity index (χ3n) is 8.62. The van der Waals surface area contributed by atoms with Crippen LogP contribution >= 0.6 is 0 Å². The average molecular weight is 679 g/mol. The summed E-state index contributed by atoms with van der Waals surface area (Å²) in [6.07, 6.45) is 2.29. The van der Waals surface area contributed by atoms with Gasteiger partial charge in [0.15, 0.2) is 11.5 Å². The zero-order chi connectivity index (χ0) is 33.6. The standard InChI is InChI=1S/C33H37F3N8O3Si/c1-45-32-27(28(21-9-10-21)38-18-39-32)30-37-14-25-29(41-30)24(42-44(25)19-46-11-12-48(2,3)4)13-20-5-7-22(8-6-20)31-40-26(33(34,35)36)15-43(31)23-16-47-17-23/h5-8,14-15,18,21,23H,9-13,16-17,19H2,1-4H3. The minimum atomic E-state index is -4.54. The Morgan fingerprint density at radius 1 is 1.02 bits per heavy atom. The zero-order valence-corrected chi connectivity index (χ0v) is 28.3. The Balaban J connectivity index is 1.22. The molecule has 0 atom stereocenters. The summed E-state index contributed by atoms with van der Waals surface area (Å²) in [5, 5.41) is 4.92. The van der Waals surface area contributed by atoms with Crippen molar-refractivity contribution in [3.05, 3.63) is 65.6 Å². The lowest BCUT2D eigenvalue weighted by molar-refractivity contribution is -0.141. The molecule has 0 N–H and O–H groups in total. The third-order valence-corrected chi connectivity index (χ3v) is 10.3. The smallest absolute Gasteiger partial charge is 0.434 e. The molecule has 4 aromatic heterocycles. The van der Waals surface area contributed by atoms with Gasteiger partial charge in [0.1, 0.15) is 35.5 Å². The number of imidazole rings is 1. The molecule has 7 rings (SSSR count). The Kier molecular flexibility index (Phi) is 8.54. The minimum Gasteiger partial charge on any atom is -0.480 e. The second-order valence-electron chi connectivity index (χ2n) is 13.6.